The topological polar surface area (TPSA) is 85.4 Å². The van der Waals surface area contributed by atoms with Crippen LogP contribution in [-0.4, -0.2) is 22.2 Å². The normalized spacial score (nSPS) is 12.5. The average Bonchev–Trinajstić information content (AvgIpc) is 2.20. The molecule has 0 spiro atoms. The Labute approximate surface area is 94.2 Å². The van der Waals surface area contributed by atoms with Crippen molar-refractivity contribution in [2.75, 3.05) is 5.73 Å². The van der Waals surface area contributed by atoms with E-state index in [-0.39, 0.29) is 23.2 Å². The number of nitrogens with zero attached hydrogens (tertiary/aromatic N) is 1. The summed E-state index contributed by atoms with van der Waals surface area (Å²) >= 11 is 0. The highest BCUT2D eigenvalue weighted by atomic mass is 16.5. The van der Waals surface area contributed by atoms with Gasteiger partial charge in [0.15, 0.2) is 0 Å². The van der Waals surface area contributed by atoms with Gasteiger partial charge in [-0.25, -0.2) is 9.78 Å². The maximum absolute atomic E-state index is 10.8. The smallest absolute Gasteiger partial charge is 0.338 e. The van der Waals surface area contributed by atoms with Crippen LogP contribution in [0.4, 0.5) is 5.69 Å². The van der Waals surface area contributed by atoms with Crippen molar-refractivity contribution in [1.29, 1.82) is 0 Å². The first-order chi connectivity index (χ1) is 7.41. The van der Waals surface area contributed by atoms with Crippen molar-refractivity contribution in [2.45, 2.75) is 26.9 Å². The van der Waals surface area contributed by atoms with Crippen molar-refractivity contribution in [1.82, 2.24) is 4.98 Å². The van der Waals surface area contributed by atoms with Gasteiger partial charge >= 0.3 is 5.97 Å². The van der Waals surface area contributed by atoms with E-state index in [0.717, 1.165) is 0 Å². The molecule has 1 aromatic rings. The first-order valence-corrected chi connectivity index (χ1v) is 5.07. The van der Waals surface area contributed by atoms with Crippen molar-refractivity contribution in [3.8, 4) is 5.88 Å². The zero-order valence-corrected chi connectivity index (χ0v) is 9.60. The van der Waals surface area contributed by atoms with Gasteiger partial charge in [0.05, 0.1) is 23.6 Å². The van der Waals surface area contributed by atoms with Crippen LogP contribution in [-0.2, 0) is 0 Å². The SMILES string of the molecule is CC(C)C(C)Oc1cc(C(=O)O)c(N)cn1. The predicted octanol–water partition coefficient (Wildman–Crippen LogP) is 1.79. The van der Waals surface area contributed by atoms with Gasteiger partial charge in [-0.05, 0) is 12.8 Å². The zero-order valence-electron chi connectivity index (χ0n) is 9.60. The molecular formula is C11H16N2O3. The van der Waals surface area contributed by atoms with Crippen LogP contribution in [0.25, 0.3) is 0 Å². The molecule has 0 amide bonds. The van der Waals surface area contributed by atoms with E-state index in [1.165, 1.54) is 12.3 Å². The lowest BCUT2D eigenvalue weighted by molar-refractivity contribution is 0.0696. The molecule has 3 N–H and O–H groups in total. The first kappa shape index (κ1) is 12.3. The number of anilines is 1. The van der Waals surface area contributed by atoms with E-state index < -0.39 is 5.97 Å². The molecule has 1 aromatic heterocycles. The summed E-state index contributed by atoms with van der Waals surface area (Å²) in [6.07, 6.45) is 1.27. The summed E-state index contributed by atoms with van der Waals surface area (Å²) in [5.41, 5.74) is 5.63. The number of nitrogen functional groups attached to an aromatic ring is 1. The molecule has 16 heavy (non-hydrogen) atoms. The summed E-state index contributed by atoms with van der Waals surface area (Å²) in [6, 6.07) is 1.34. The highest BCUT2D eigenvalue weighted by molar-refractivity contribution is 5.93. The first-order valence-electron chi connectivity index (χ1n) is 5.07. The number of nitrogens with two attached hydrogens (primary N) is 1. The Morgan fingerprint density at radius 3 is 2.62 bits per heavy atom. The van der Waals surface area contributed by atoms with Crippen molar-refractivity contribution in [3.05, 3.63) is 17.8 Å². The number of carboxylic acids is 1. The fourth-order valence-electron chi connectivity index (χ4n) is 1.02. The Hall–Kier alpha value is -1.78. The molecule has 0 saturated heterocycles. The van der Waals surface area contributed by atoms with Crippen LogP contribution in [0.15, 0.2) is 12.3 Å². The summed E-state index contributed by atoms with van der Waals surface area (Å²) in [7, 11) is 0. The molecule has 0 aliphatic rings. The third-order valence-electron chi connectivity index (χ3n) is 2.39. The van der Waals surface area contributed by atoms with E-state index in [0.29, 0.717) is 5.92 Å². The Morgan fingerprint density at radius 1 is 1.50 bits per heavy atom. The third kappa shape index (κ3) is 2.85. The molecule has 1 heterocycles. The summed E-state index contributed by atoms with van der Waals surface area (Å²) in [5, 5.41) is 8.87. The molecule has 0 radical (unpaired) electrons. The van der Waals surface area contributed by atoms with Crippen LogP contribution < -0.4 is 10.5 Å². The van der Waals surface area contributed by atoms with E-state index in [4.69, 9.17) is 15.6 Å². The molecule has 1 unspecified atom stereocenters. The molecule has 88 valence electrons. The molecule has 0 aliphatic carbocycles. The lowest BCUT2D eigenvalue weighted by atomic mass is 10.1. The minimum Gasteiger partial charge on any atom is -0.478 e. The van der Waals surface area contributed by atoms with E-state index in [9.17, 15) is 4.79 Å². The Morgan fingerprint density at radius 2 is 2.12 bits per heavy atom. The van der Waals surface area contributed by atoms with Crippen molar-refractivity contribution in [3.63, 3.8) is 0 Å². The predicted molar refractivity (Wildman–Crippen MR) is 60.5 cm³/mol. The molecule has 1 rings (SSSR count). The molecule has 5 heteroatoms. The number of rotatable bonds is 4. The van der Waals surface area contributed by atoms with Gasteiger partial charge in [0.25, 0.3) is 0 Å². The standard InChI is InChI=1S/C11H16N2O3/c1-6(2)7(3)16-10-4-8(11(14)15)9(12)5-13-10/h4-7H,12H2,1-3H3,(H,14,15). The van der Waals surface area contributed by atoms with Crippen molar-refractivity contribution < 1.29 is 14.6 Å². The number of carboxylic acid groups (broad SMARTS) is 1. The lowest BCUT2D eigenvalue weighted by Crippen LogP contribution is -2.19. The van der Waals surface area contributed by atoms with E-state index >= 15 is 0 Å². The highest BCUT2D eigenvalue weighted by Crippen LogP contribution is 2.18. The number of pyridine rings is 1. The second-order valence-electron chi connectivity index (χ2n) is 3.98. The lowest BCUT2D eigenvalue weighted by Gasteiger charge is -2.17. The summed E-state index contributed by atoms with van der Waals surface area (Å²) in [6.45, 7) is 5.93. The second kappa shape index (κ2) is 4.83. The maximum Gasteiger partial charge on any atom is 0.338 e. The molecule has 0 aliphatic heterocycles. The quantitative estimate of drug-likeness (QED) is 0.814. The zero-order chi connectivity index (χ0) is 12.3. The van der Waals surface area contributed by atoms with E-state index in [2.05, 4.69) is 4.98 Å². The highest BCUT2D eigenvalue weighted by Gasteiger charge is 2.13. The summed E-state index contributed by atoms with van der Waals surface area (Å²) in [4.78, 5) is 14.8. The number of carbonyl (C=O) groups is 1. The van der Waals surface area contributed by atoms with E-state index in [1.807, 2.05) is 20.8 Å². The average molecular weight is 224 g/mol. The third-order valence-corrected chi connectivity index (χ3v) is 2.39. The molecule has 0 bridgehead atoms. The van der Waals surface area contributed by atoms with Gasteiger partial charge in [-0.1, -0.05) is 13.8 Å². The van der Waals surface area contributed by atoms with Crippen LogP contribution in [0.2, 0.25) is 0 Å². The van der Waals surface area contributed by atoms with Gasteiger partial charge < -0.3 is 15.6 Å². The maximum atomic E-state index is 10.8. The van der Waals surface area contributed by atoms with E-state index in [1.54, 1.807) is 0 Å². The minimum atomic E-state index is -1.08. The van der Waals surface area contributed by atoms with Gasteiger partial charge in [0.1, 0.15) is 0 Å². The molecule has 0 fully saturated rings. The molecular weight excluding hydrogens is 208 g/mol. The van der Waals surface area contributed by atoms with Crippen molar-refractivity contribution >= 4 is 11.7 Å². The number of ether oxygens (including phenoxy) is 1. The van der Waals surface area contributed by atoms with Gasteiger partial charge in [-0.15, -0.1) is 0 Å². The Bertz CT molecular complexity index is 391. The number of aromatic carboxylic acids is 1. The van der Waals surface area contributed by atoms with Crippen LogP contribution in [0.5, 0.6) is 5.88 Å². The number of aromatic nitrogens is 1. The fourth-order valence-corrected chi connectivity index (χ4v) is 1.02. The largest absolute Gasteiger partial charge is 0.478 e. The van der Waals surface area contributed by atoms with Crippen LogP contribution in [0.1, 0.15) is 31.1 Å². The van der Waals surface area contributed by atoms with Crippen LogP contribution >= 0.6 is 0 Å². The molecule has 1 atom stereocenters. The van der Waals surface area contributed by atoms with Gasteiger partial charge in [-0.2, -0.15) is 0 Å². The van der Waals surface area contributed by atoms with Crippen molar-refractivity contribution in [2.24, 2.45) is 5.92 Å². The minimum absolute atomic E-state index is 0.0148. The van der Waals surface area contributed by atoms with Crippen LogP contribution in [0, 0.1) is 5.92 Å². The number of hydrogen-bond acceptors (Lipinski definition) is 4. The monoisotopic (exact) mass is 224 g/mol. The fraction of sp³-hybridized carbons (Fsp3) is 0.455. The Balaban J connectivity index is 2.91. The van der Waals surface area contributed by atoms with Gasteiger partial charge in [0, 0.05) is 6.07 Å². The van der Waals surface area contributed by atoms with Gasteiger partial charge in [0.2, 0.25) is 5.88 Å². The second-order valence-corrected chi connectivity index (χ2v) is 3.98. The molecule has 0 aromatic carbocycles. The van der Waals surface area contributed by atoms with Gasteiger partial charge in [-0.3, -0.25) is 0 Å². The molecule has 0 saturated carbocycles. The van der Waals surface area contributed by atoms with Crippen LogP contribution in [0.3, 0.4) is 0 Å². The number of hydrogen-bond donors (Lipinski definition) is 2. The molecule has 5 nitrogen and oxygen atoms in total. The Kier molecular flexibility index (Phi) is 3.71. The summed E-state index contributed by atoms with van der Waals surface area (Å²) in [5.74, 6) is -0.470. The summed E-state index contributed by atoms with van der Waals surface area (Å²) < 4.78 is 5.49.